The highest BCUT2D eigenvalue weighted by atomic mass is 16.5. The van der Waals surface area contributed by atoms with Gasteiger partial charge in [-0.25, -0.2) is 0 Å². The molecule has 0 aromatic rings. The number of rotatable bonds is 31. The molecule has 0 aromatic carbocycles. The Labute approximate surface area is 232 Å². The van der Waals surface area contributed by atoms with Crippen LogP contribution >= 0.6 is 0 Å². The Morgan fingerprint density at radius 2 is 0.838 bits per heavy atom. The maximum Gasteiger partial charge on any atom is 0.306 e. The van der Waals surface area contributed by atoms with Crippen molar-refractivity contribution in [2.75, 3.05) is 0 Å². The molecule has 1 atom stereocenters. The fraction of sp³-hybridized carbons (Fsp3) is 0.941. The minimum Gasteiger partial charge on any atom is -0.462 e. The zero-order chi connectivity index (χ0) is 27.1. The minimum absolute atomic E-state index is 0.127. The molecule has 219 valence electrons. The van der Waals surface area contributed by atoms with Crippen LogP contribution in [0.25, 0.3) is 0 Å². The van der Waals surface area contributed by atoms with Crippen LogP contribution in [0.4, 0.5) is 0 Å². The van der Waals surface area contributed by atoms with Crippen molar-refractivity contribution in [1.29, 1.82) is 0 Å². The lowest BCUT2D eigenvalue weighted by molar-refractivity contribution is -0.149. The lowest BCUT2D eigenvalue weighted by Gasteiger charge is -2.15. The maximum atomic E-state index is 12.2. The van der Waals surface area contributed by atoms with Gasteiger partial charge in [0.05, 0.1) is 6.42 Å². The highest BCUT2D eigenvalue weighted by Gasteiger charge is 2.14. The Morgan fingerprint density at radius 3 is 1.19 bits per heavy atom. The zero-order valence-electron chi connectivity index (χ0n) is 25.3. The highest BCUT2D eigenvalue weighted by Crippen LogP contribution is 2.16. The van der Waals surface area contributed by atoms with E-state index in [-0.39, 0.29) is 18.5 Å². The first-order chi connectivity index (χ1) is 18.2. The van der Waals surface area contributed by atoms with Crippen LogP contribution in [-0.4, -0.2) is 18.4 Å². The van der Waals surface area contributed by atoms with E-state index in [4.69, 9.17) is 4.74 Å². The summed E-state index contributed by atoms with van der Waals surface area (Å²) in [5.74, 6) is -0.127. The molecule has 0 aliphatic rings. The summed E-state index contributed by atoms with van der Waals surface area (Å²) in [5.41, 5.74) is 0. The van der Waals surface area contributed by atoms with Gasteiger partial charge in [0.1, 0.15) is 6.10 Å². The van der Waals surface area contributed by atoms with E-state index in [0.29, 0.717) is 6.42 Å². The summed E-state index contributed by atoms with van der Waals surface area (Å²) in [4.78, 5) is 23.1. The van der Waals surface area contributed by atoms with Gasteiger partial charge in [-0.2, -0.15) is 0 Å². The third-order valence-electron chi connectivity index (χ3n) is 7.72. The fourth-order valence-corrected chi connectivity index (χ4v) is 5.22. The molecule has 0 heterocycles. The number of carbonyl (C=O) groups excluding carboxylic acids is 2. The predicted molar refractivity (Wildman–Crippen MR) is 161 cm³/mol. The number of hydrogen-bond acceptors (Lipinski definition) is 3. The van der Waals surface area contributed by atoms with Crippen LogP contribution in [0.15, 0.2) is 0 Å². The van der Waals surface area contributed by atoms with Crippen molar-refractivity contribution in [3.8, 4) is 0 Å². The molecule has 0 aromatic heterocycles. The molecule has 0 fully saturated rings. The van der Waals surface area contributed by atoms with E-state index in [0.717, 1.165) is 25.7 Å². The lowest BCUT2D eigenvalue weighted by Crippen LogP contribution is -2.18. The summed E-state index contributed by atoms with van der Waals surface area (Å²) in [6, 6.07) is 0. The van der Waals surface area contributed by atoms with Crippen molar-refractivity contribution < 1.29 is 14.3 Å². The van der Waals surface area contributed by atoms with Crippen LogP contribution in [-0.2, 0) is 14.3 Å². The topological polar surface area (TPSA) is 43.4 Å². The third-order valence-corrected chi connectivity index (χ3v) is 7.72. The average Bonchev–Trinajstić information content (AvgIpc) is 2.89. The molecule has 37 heavy (non-hydrogen) atoms. The summed E-state index contributed by atoms with van der Waals surface area (Å²) in [5, 5.41) is 0. The van der Waals surface area contributed by atoms with Crippen molar-refractivity contribution in [2.24, 2.45) is 0 Å². The van der Waals surface area contributed by atoms with Crippen molar-refractivity contribution in [3.05, 3.63) is 0 Å². The van der Waals surface area contributed by atoms with E-state index >= 15 is 0 Å². The molecule has 1 radical (unpaired) electrons. The number of carbonyl (C=O) groups is 1. The van der Waals surface area contributed by atoms with Gasteiger partial charge in [-0.3, -0.25) is 9.59 Å². The number of hydrogen-bond donors (Lipinski definition) is 0. The standard InChI is InChI=1S/C34H65O3/c1-3-5-7-9-11-13-15-16-17-18-20-22-24-26-28-30-34(36)37-33(31-32-35)29-27-25-23-21-19-14-12-10-8-6-4-2/h33H,3-31H2,1-2H3. The number of ether oxygens (including phenoxy) is 1. The van der Waals surface area contributed by atoms with Gasteiger partial charge >= 0.3 is 5.97 Å². The van der Waals surface area contributed by atoms with Crippen molar-refractivity contribution in [3.63, 3.8) is 0 Å². The maximum absolute atomic E-state index is 12.2. The van der Waals surface area contributed by atoms with Crippen molar-refractivity contribution >= 4 is 12.3 Å². The SMILES string of the molecule is CCCCCCCCCCCCCCCCCC(=O)OC(C[C]=O)CCCCCCCCCCCCC. The Balaban J connectivity index is 3.51. The van der Waals surface area contributed by atoms with Gasteiger partial charge in [0, 0.05) is 6.42 Å². The Bertz CT molecular complexity index is 462. The van der Waals surface area contributed by atoms with Crippen LogP contribution in [0.3, 0.4) is 0 Å². The second kappa shape index (κ2) is 31.4. The van der Waals surface area contributed by atoms with E-state index in [1.165, 1.54) is 148 Å². The summed E-state index contributed by atoms with van der Waals surface area (Å²) < 4.78 is 5.60. The molecule has 3 nitrogen and oxygen atoms in total. The van der Waals surface area contributed by atoms with Gasteiger partial charge in [0.15, 0.2) is 0 Å². The predicted octanol–water partition coefficient (Wildman–Crippen LogP) is 11.4. The van der Waals surface area contributed by atoms with Gasteiger partial charge in [0.2, 0.25) is 6.29 Å². The quantitative estimate of drug-likeness (QED) is 0.0673. The molecule has 0 N–H and O–H groups in total. The van der Waals surface area contributed by atoms with Gasteiger partial charge in [-0.05, 0) is 19.3 Å². The summed E-state index contributed by atoms with van der Waals surface area (Å²) >= 11 is 0. The number of esters is 1. The van der Waals surface area contributed by atoms with Gasteiger partial charge < -0.3 is 4.74 Å². The molecule has 1 unspecified atom stereocenters. The Morgan fingerprint density at radius 1 is 0.514 bits per heavy atom. The van der Waals surface area contributed by atoms with Crippen LogP contribution < -0.4 is 0 Å². The molecule has 3 heteroatoms. The molecule has 0 aliphatic carbocycles. The van der Waals surface area contributed by atoms with Gasteiger partial charge in [0.25, 0.3) is 0 Å². The van der Waals surface area contributed by atoms with E-state index in [1.807, 2.05) is 6.29 Å². The molecule has 0 bridgehead atoms. The molecular weight excluding hydrogens is 456 g/mol. The Kier molecular flexibility index (Phi) is 30.6. The largest absolute Gasteiger partial charge is 0.462 e. The van der Waals surface area contributed by atoms with Crippen LogP contribution in [0.2, 0.25) is 0 Å². The highest BCUT2D eigenvalue weighted by molar-refractivity contribution is 5.69. The average molecular weight is 522 g/mol. The van der Waals surface area contributed by atoms with E-state index < -0.39 is 0 Å². The zero-order valence-corrected chi connectivity index (χ0v) is 25.3. The second-order valence-electron chi connectivity index (χ2n) is 11.5. The summed E-state index contributed by atoms with van der Waals surface area (Å²) in [7, 11) is 0. The van der Waals surface area contributed by atoms with Gasteiger partial charge in [-0.15, -0.1) is 0 Å². The van der Waals surface area contributed by atoms with Crippen LogP contribution in [0.5, 0.6) is 0 Å². The summed E-state index contributed by atoms with van der Waals surface area (Å²) in [6.07, 6.45) is 37.4. The first kappa shape index (κ1) is 36.1. The third kappa shape index (κ3) is 29.5. The van der Waals surface area contributed by atoms with E-state index in [2.05, 4.69) is 13.8 Å². The monoisotopic (exact) mass is 521 g/mol. The van der Waals surface area contributed by atoms with Crippen molar-refractivity contribution in [2.45, 2.75) is 206 Å². The Hall–Kier alpha value is -0.860. The molecule has 0 saturated heterocycles. The number of unbranched alkanes of at least 4 members (excludes halogenated alkanes) is 24. The molecule has 0 spiro atoms. The van der Waals surface area contributed by atoms with Crippen LogP contribution in [0.1, 0.15) is 200 Å². The smallest absolute Gasteiger partial charge is 0.306 e. The molecule has 0 rings (SSSR count). The first-order valence-electron chi connectivity index (χ1n) is 16.8. The molecular formula is C34H65O3. The minimum atomic E-state index is -0.264. The van der Waals surface area contributed by atoms with Gasteiger partial charge in [-0.1, -0.05) is 168 Å². The lowest BCUT2D eigenvalue weighted by atomic mass is 10.0. The van der Waals surface area contributed by atoms with E-state index in [9.17, 15) is 9.59 Å². The summed E-state index contributed by atoms with van der Waals surface area (Å²) in [6.45, 7) is 4.54. The van der Waals surface area contributed by atoms with Crippen molar-refractivity contribution in [1.82, 2.24) is 0 Å². The fourth-order valence-electron chi connectivity index (χ4n) is 5.22. The molecule has 0 amide bonds. The normalized spacial score (nSPS) is 12.1. The van der Waals surface area contributed by atoms with E-state index in [1.54, 1.807) is 0 Å². The second-order valence-corrected chi connectivity index (χ2v) is 11.5. The molecule has 0 aliphatic heterocycles. The molecule has 0 saturated carbocycles. The first-order valence-corrected chi connectivity index (χ1v) is 16.8. The van der Waals surface area contributed by atoms with Crippen LogP contribution in [0, 0.1) is 0 Å².